The van der Waals surface area contributed by atoms with Crippen LogP contribution in [0, 0.1) is 6.92 Å². The van der Waals surface area contributed by atoms with Crippen LogP contribution in [0.3, 0.4) is 0 Å². The maximum Gasteiger partial charge on any atom is 0.271 e. The van der Waals surface area contributed by atoms with Crippen LogP contribution in [0.5, 0.6) is 0 Å². The Balaban J connectivity index is 1.55. The minimum Gasteiger partial charge on any atom is -0.350 e. The van der Waals surface area contributed by atoms with Gasteiger partial charge in [0.15, 0.2) is 11.5 Å². The zero-order chi connectivity index (χ0) is 16.1. The minimum atomic E-state index is -0.178. The fourth-order valence-electron chi connectivity index (χ4n) is 2.75. The molecule has 0 fully saturated rings. The van der Waals surface area contributed by atoms with Crippen molar-refractivity contribution in [3.8, 4) is 5.82 Å². The molecule has 2 aromatic heterocycles. The molecule has 0 aromatic carbocycles. The number of allylic oxidation sites excluding steroid dienone is 1. The minimum absolute atomic E-state index is 0.178. The molecule has 0 spiro atoms. The molecular formula is C17H21N5O. The number of aryl methyl sites for hydroxylation is 1. The molecule has 0 saturated carbocycles. The molecule has 1 aliphatic carbocycles. The Labute approximate surface area is 135 Å². The fraction of sp³-hybridized carbons (Fsp3) is 0.412. The first kappa shape index (κ1) is 15.4. The van der Waals surface area contributed by atoms with E-state index >= 15 is 0 Å². The van der Waals surface area contributed by atoms with Gasteiger partial charge in [0.1, 0.15) is 5.82 Å². The summed E-state index contributed by atoms with van der Waals surface area (Å²) in [5.74, 6) is 1.31. The van der Waals surface area contributed by atoms with Crippen molar-refractivity contribution in [2.45, 2.75) is 39.0 Å². The summed E-state index contributed by atoms with van der Waals surface area (Å²) in [6.07, 6.45) is 11.6. The molecule has 0 bridgehead atoms. The summed E-state index contributed by atoms with van der Waals surface area (Å²) in [4.78, 5) is 16.2. The summed E-state index contributed by atoms with van der Waals surface area (Å²) in [5.41, 5.74) is 1.79. The first-order valence-corrected chi connectivity index (χ1v) is 8.04. The van der Waals surface area contributed by atoms with E-state index in [1.54, 1.807) is 18.3 Å². The molecule has 2 heterocycles. The molecular weight excluding hydrogens is 290 g/mol. The van der Waals surface area contributed by atoms with E-state index in [-0.39, 0.29) is 5.91 Å². The quantitative estimate of drug-likeness (QED) is 0.861. The SMILES string of the molecule is Cc1nccn1-c1ccc(C(=O)NCCC2=CCCCC2)nn1. The van der Waals surface area contributed by atoms with E-state index in [0.717, 1.165) is 18.7 Å². The summed E-state index contributed by atoms with van der Waals surface area (Å²) in [6, 6.07) is 3.47. The number of carbonyl (C=O) groups excluding carboxylic acids is 1. The highest BCUT2D eigenvalue weighted by Gasteiger charge is 2.10. The van der Waals surface area contributed by atoms with Gasteiger partial charge < -0.3 is 5.32 Å². The number of imidazole rings is 1. The lowest BCUT2D eigenvalue weighted by molar-refractivity contribution is 0.0948. The standard InChI is InChI=1S/C17H21N5O/c1-13-18-11-12-22(13)16-8-7-15(20-21-16)17(23)19-10-9-14-5-3-2-4-6-14/h5,7-8,11-12H,2-4,6,9-10H2,1H3,(H,19,23). The maximum absolute atomic E-state index is 12.1. The zero-order valence-electron chi connectivity index (χ0n) is 13.3. The Morgan fingerprint density at radius 2 is 2.22 bits per heavy atom. The first-order chi connectivity index (χ1) is 11.2. The lowest BCUT2D eigenvalue weighted by Gasteiger charge is -2.12. The van der Waals surface area contributed by atoms with E-state index in [9.17, 15) is 4.79 Å². The van der Waals surface area contributed by atoms with Crippen LogP contribution in [0.15, 0.2) is 36.2 Å². The molecule has 2 aromatic rings. The second-order valence-electron chi connectivity index (χ2n) is 5.74. The van der Waals surface area contributed by atoms with Gasteiger partial charge in [-0.1, -0.05) is 11.6 Å². The van der Waals surface area contributed by atoms with Crippen LogP contribution in [0.2, 0.25) is 0 Å². The number of hydrogen-bond donors (Lipinski definition) is 1. The number of nitrogens with zero attached hydrogens (tertiary/aromatic N) is 4. The van der Waals surface area contributed by atoms with Crippen molar-refractivity contribution >= 4 is 5.91 Å². The number of hydrogen-bond acceptors (Lipinski definition) is 4. The summed E-state index contributed by atoms with van der Waals surface area (Å²) < 4.78 is 1.82. The van der Waals surface area contributed by atoms with Crippen molar-refractivity contribution < 1.29 is 4.79 Å². The maximum atomic E-state index is 12.1. The van der Waals surface area contributed by atoms with Crippen LogP contribution in [0.25, 0.3) is 5.82 Å². The van der Waals surface area contributed by atoms with Crippen LogP contribution in [-0.2, 0) is 0 Å². The molecule has 1 aliphatic rings. The summed E-state index contributed by atoms with van der Waals surface area (Å²) in [5, 5.41) is 11.0. The van der Waals surface area contributed by atoms with E-state index in [4.69, 9.17) is 0 Å². The molecule has 6 heteroatoms. The first-order valence-electron chi connectivity index (χ1n) is 8.04. The van der Waals surface area contributed by atoms with Gasteiger partial charge in [-0.15, -0.1) is 10.2 Å². The Morgan fingerprint density at radius 1 is 1.30 bits per heavy atom. The number of rotatable bonds is 5. The predicted molar refractivity (Wildman–Crippen MR) is 87.4 cm³/mol. The van der Waals surface area contributed by atoms with E-state index in [1.165, 1.54) is 24.8 Å². The van der Waals surface area contributed by atoms with E-state index in [0.29, 0.717) is 18.1 Å². The Morgan fingerprint density at radius 3 is 2.87 bits per heavy atom. The zero-order valence-corrected chi connectivity index (χ0v) is 13.3. The predicted octanol–water partition coefficient (Wildman–Crippen LogP) is 2.59. The van der Waals surface area contributed by atoms with Gasteiger partial charge in [-0.3, -0.25) is 9.36 Å². The van der Waals surface area contributed by atoms with Gasteiger partial charge in [0, 0.05) is 18.9 Å². The van der Waals surface area contributed by atoms with Crippen molar-refractivity contribution in [2.24, 2.45) is 0 Å². The van der Waals surface area contributed by atoms with Crippen LogP contribution in [0.4, 0.5) is 0 Å². The van der Waals surface area contributed by atoms with Crippen LogP contribution >= 0.6 is 0 Å². The molecule has 23 heavy (non-hydrogen) atoms. The van der Waals surface area contributed by atoms with Crippen LogP contribution in [-0.4, -0.2) is 32.2 Å². The summed E-state index contributed by atoms with van der Waals surface area (Å²) in [7, 11) is 0. The number of nitrogens with one attached hydrogen (secondary N) is 1. The smallest absolute Gasteiger partial charge is 0.271 e. The number of aromatic nitrogens is 4. The molecule has 3 rings (SSSR count). The van der Waals surface area contributed by atoms with Gasteiger partial charge in [0.25, 0.3) is 5.91 Å². The van der Waals surface area contributed by atoms with E-state index in [2.05, 4.69) is 26.6 Å². The van der Waals surface area contributed by atoms with Crippen molar-refractivity contribution in [3.63, 3.8) is 0 Å². The van der Waals surface area contributed by atoms with Gasteiger partial charge in [-0.25, -0.2) is 4.98 Å². The monoisotopic (exact) mass is 311 g/mol. The molecule has 120 valence electrons. The third-order valence-corrected chi connectivity index (χ3v) is 4.07. The average Bonchev–Trinajstić information content (AvgIpc) is 3.02. The molecule has 0 radical (unpaired) electrons. The molecule has 0 aliphatic heterocycles. The third-order valence-electron chi connectivity index (χ3n) is 4.07. The van der Waals surface area contributed by atoms with Crippen molar-refractivity contribution in [1.82, 2.24) is 25.1 Å². The molecule has 1 amide bonds. The van der Waals surface area contributed by atoms with Crippen molar-refractivity contribution in [2.75, 3.05) is 6.54 Å². The molecule has 6 nitrogen and oxygen atoms in total. The Bertz CT molecular complexity index is 702. The van der Waals surface area contributed by atoms with Crippen LogP contribution in [0.1, 0.15) is 48.4 Å². The van der Waals surface area contributed by atoms with E-state index in [1.807, 2.05) is 17.7 Å². The van der Waals surface area contributed by atoms with Gasteiger partial charge in [0.05, 0.1) is 0 Å². The van der Waals surface area contributed by atoms with E-state index < -0.39 is 0 Å². The van der Waals surface area contributed by atoms with Gasteiger partial charge in [-0.05, 0) is 51.2 Å². The average molecular weight is 311 g/mol. The third kappa shape index (κ3) is 3.83. The summed E-state index contributed by atoms with van der Waals surface area (Å²) >= 11 is 0. The lowest BCUT2D eigenvalue weighted by Crippen LogP contribution is -2.26. The second kappa shape index (κ2) is 7.17. The normalized spacial score (nSPS) is 14.4. The molecule has 0 saturated heterocycles. The topological polar surface area (TPSA) is 72.7 Å². The van der Waals surface area contributed by atoms with Crippen molar-refractivity contribution in [1.29, 1.82) is 0 Å². The van der Waals surface area contributed by atoms with Gasteiger partial charge in [-0.2, -0.15) is 0 Å². The highest BCUT2D eigenvalue weighted by molar-refractivity contribution is 5.92. The van der Waals surface area contributed by atoms with Gasteiger partial charge in [0.2, 0.25) is 0 Å². The second-order valence-corrected chi connectivity index (χ2v) is 5.74. The molecule has 0 unspecified atom stereocenters. The fourth-order valence-corrected chi connectivity index (χ4v) is 2.75. The molecule has 1 N–H and O–H groups in total. The largest absolute Gasteiger partial charge is 0.350 e. The van der Waals surface area contributed by atoms with Crippen LogP contribution < -0.4 is 5.32 Å². The molecule has 0 atom stereocenters. The van der Waals surface area contributed by atoms with Gasteiger partial charge >= 0.3 is 0 Å². The van der Waals surface area contributed by atoms with Crippen molar-refractivity contribution in [3.05, 3.63) is 47.7 Å². The number of amides is 1. The lowest BCUT2D eigenvalue weighted by atomic mass is 9.97. The Hall–Kier alpha value is -2.50. The highest BCUT2D eigenvalue weighted by Crippen LogP contribution is 2.19. The Kier molecular flexibility index (Phi) is 4.80. The highest BCUT2D eigenvalue weighted by atomic mass is 16.1. The summed E-state index contributed by atoms with van der Waals surface area (Å²) in [6.45, 7) is 2.54. The number of carbonyl (C=O) groups is 1.